The summed E-state index contributed by atoms with van der Waals surface area (Å²) in [4.78, 5) is 9.20. The Morgan fingerprint density at radius 1 is 0.655 bits per heavy atom. The van der Waals surface area contributed by atoms with E-state index in [0.717, 1.165) is 61.0 Å². The van der Waals surface area contributed by atoms with Gasteiger partial charge in [0.25, 0.3) is 0 Å². The molecule has 8 rings (SSSR count). The minimum absolute atomic E-state index is 0. The number of furan rings is 1. The Labute approximate surface area is 348 Å². The molecule has 0 atom stereocenters. The number of hydrogen-bond acceptors (Lipinski definition) is 3. The molecule has 0 aliphatic heterocycles. The average Bonchev–Trinajstić information content (AvgIpc) is 3.57. The first-order valence-corrected chi connectivity index (χ1v) is 21.8. The number of benzene rings is 5. The smallest absolute Gasteiger partial charge is 0.121 e. The van der Waals surface area contributed by atoms with Gasteiger partial charge in [0.1, 0.15) is 5.58 Å². The molecule has 0 aliphatic rings. The summed E-state index contributed by atoms with van der Waals surface area (Å²) in [7, 11) is -1.68. The van der Waals surface area contributed by atoms with E-state index in [1.807, 2.05) is 113 Å². The number of pyridine rings is 2. The maximum atomic E-state index is 8.66. The fourth-order valence-corrected chi connectivity index (χ4v) is 8.26. The summed E-state index contributed by atoms with van der Waals surface area (Å²) in [6.45, 7) is 12.1. The Kier molecular flexibility index (Phi) is 10.2. The van der Waals surface area contributed by atoms with Gasteiger partial charge in [-0.1, -0.05) is 161 Å². The monoisotopic (exact) mass is 918 g/mol. The van der Waals surface area contributed by atoms with Crippen LogP contribution in [0.25, 0.3) is 66.7 Å². The molecule has 0 bridgehead atoms. The Bertz CT molecular complexity index is 2770. The predicted molar refractivity (Wildman–Crippen MR) is 231 cm³/mol. The van der Waals surface area contributed by atoms with Crippen molar-refractivity contribution in [1.82, 2.24) is 9.97 Å². The predicted octanol–water partition coefficient (Wildman–Crippen LogP) is 13.4. The number of nitrogens with zero attached hydrogens (tertiary/aromatic N) is 2. The van der Waals surface area contributed by atoms with Gasteiger partial charge in [-0.3, -0.25) is 0 Å². The molecule has 0 amide bonds. The minimum Gasteiger partial charge on any atom is -0.500 e. The van der Waals surface area contributed by atoms with Gasteiger partial charge in [0.2, 0.25) is 0 Å². The topological polar surface area (TPSA) is 38.9 Å². The van der Waals surface area contributed by atoms with Crippen LogP contribution in [-0.2, 0) is 20.1 Å². The van der Waals surface area contributed by atoms with E-state index in [1.165, 1.54) is 10.8 Å². The van der Waals surface area contributed by atoms with Gasteiger partial charge < -0.3 is 14.4 Å². The van der Waals surface area contributed by atoms with Crippen molar-refractivity contribution >= 4 is 35.2 Å². The van der Waals surface area contributed by atoms with Crippen molar-refractivity contribution in [2.45, 2.75) is 66.0 Å². The number of rotatable bonds is 7. The molecule has 0 spiro atoms. The number of aryl methyl sites for hydroxylation is 1. The first kappa shape index (κ1) is 33.4. The minimum atomic E-state index is -2.23. The van der Waals surface area contributed by atoms with Gasteiger partial charge >= 0.3 is 0 Å². The van der Waals surface area contributed by atoms with Gasteiger partial charge in [-0.25, -0.2) is 0 Å². The fraction of sp³-hybridized carbons (Fsp3) is 0.200. The molecule has 5 aromatic carbocycles. The van der Waals surface area contributed by atoms with E-state index in [-0.39, 0.29) is 25.7 Å². The number of aromatic nitrogens is 2. The van der Waals surface area contributed by atoms with E-state index in [4.69, 9.17) is 16.3 Å². The van der Waals surface area contributed by atoms with Crippen LogP contribution in [0.4, 0.5) is 0 Å². The molecule has 279 valence electrons. The molecule has 1 radical (unpaired) electrons. The molecular formula is C50H48IrN2OSi-2. The van der Waals surface area contributed by atoms with Crippen molar-refractivity contribution in [1.29, 1.82) is 0 Å². The number of hydrogen-bond donors (Lipinski definition) is 0. The zero-order valence-corrected chi connectivity index (χ0v) is 35.7. The Hall–Kier alpha value is -4.93. The molecule has 0 unspecified atom stereocenters. The maximum Gasteiger partial charge on any atom is 0.121 e. The molecule has 8 aromatic rings. The summed E-state index contributed by atoms with van der Waals surface area (Å²) >= 11 is 0. The fourth-order valence-electron chi connectivity index (χ4n) is 6.68. The zero-order chi connectivity index (χ0) is 42.3. The average molecular weight is 918 g/mol. The Balaban J connectivity index is 0.000000198. The molecule has 0 saturated carbocycles. The van der Waals surface area contributed by atoms with Crippen LogP contribution < -0.4 is 5.19 Å². The standard InChI is InChI=1S/C26H20NO.C24H28NSi.Ir/c1-17(2)19-12-13-27-24(15-19)21-9-11-25-23(14-21)22-10-8-20(16-26(22)28-25)18-6-4-3-5-7-18;1-17(2)21-15-23(25-16-24(21)26(4,5)6)20-13-12-18(3)22(14-20)19-10-8-7-9-11-19;/h3-8,10-17H,1-2H3;7-12,14-17H,1-6H3;/q2*-1;/i17D;3D3,17D;. The molecule has 0 aliphatic carbocycles. The largest absolute Gasteiger partial charge is 0.500 e. The van der Waals surface area contributed by atoms with Crippen LogP contribution in [0.2, 0.25) is 19.6 Å². The van der Waals surface area contributed by atoms with E-state index in [9.17, 15) is 0 Å². The van der Waals surface area contributed by atoms with Crippen molar-refractivity contribution < 1.29 is 31.4 Å². The van der Waals surface area contributed by atoms with Crippen LogP contribution in [0, 0.1) is 19.0 Å². The van der Waals surface area contributed by atoms with Crippen LogP contribution in [-0.4, -0.2) is 18.0 Å². The summed E-state index contributed by atoms with van der Waals surface area (Å²) in [5, 5.41) is 3.30. The van der Waals surface area contributed by atoms with Gasteiger partial charge in [0.15, 0.2) is 0 Å². The van der Waals surface area contributed by atoms with Crippen molar-refractivity contribution in [2.75, 3.05) is 0 Å². The third kappa shape index (κ3) is 8.81. The second kappa shape index (κ2) is 16.8. The second-order valence-corrected chi connectivity index (χ2v) is 20.2. The quantitative estimate of drug-likeness (QED) is 0.118. The van der Waals surface area contributed by atoms with E-state index >= 15 is 0 Å². The first-order valence-electron chi connectivity index (χ1n) is 20.8. The second-order valence-electron chi connectivity index (χ2n) is 15.1. The SMILES string of the molecule is [2H]C(C)(C)c1ccnc(-c2[c-]cc3oc4cc(-c5ccccc5)ccc4c3c2)c1.[2H]C([2H])([2H])c1c[c-]c(-c2cc(C([2H])(C)C)c([Si](C)(C)C)cn2)cc1-c1ccccc1.[Ir]. The van der Waals surface area contributed by atoms with Gasteiger partial charge in [0, 0.05) is 44.7 Å². The van der Waals surface area contributed by atoms with Crippen molar-refractivity contribution in [2.24, 2.45) is 0 Å². The summed E-state index contributed by atoms with van der Waals surface area (Å²) < 4.78 is 46.8. The molecule has 55 heavy (non-hydrogen) atoms. The zero-order valence-electron chi connectivity index (χ0n) is 37.3. The Morgan fingerprint density at radius 3 is 2.00 bits per heavy atom. The van der Waals surface area contributed by atoms with E-state index in [0.29, 0.717) is 11.3 Å². The molecular weight excluding hydrogens is 865 g/mol. The van der Waals surface area contributed by atoms with Crippen molar-refractivity contribution in [3.05, 3.63) is 163 Å². The summed E-state index contributed by atoms with van der Waals surface area (Å²) in [6.07, 6.45) is 3.67. The van der Waals surface area contributed by atoms with Gasteiger partial charge in [-0.15, -0.1) is 53.1 Å². The van der Waals surface area contributed by atoms with E-state index < -0.39 is 26.7 Å². The van der Waals surface area contributed by atoms with Crippen LogP contribution in [0.3, 0.4) is 0 Å². The summed E-state index contributed by atoms with van der Waals surface area (Å²) in [5.41, 5.74) is 10.8. The van der Waals surface area contributed by atoms with Gasteiger partial charge in [-0.05, 0) is 57.2 Å². The first-order chi connectivity index (χ1) is 27.8. The van der Waals surface area contributed by atoms with Crippen LogP contribution >= 0.6 is 0 Å². The Morgan fingerprint density at radius 2 is 1.33 bits per heavy atom. The molecule has 5 heteroatoms. The molecule has 0 fully saturated rings. The molecule has 0 N–H and O–H groups in total. The van der Waals surface area contributed by atoms with Crippen LogP contribution in [0.15, 0.2) is 138 Å². The van der Waals surface area contributed by atoms with Crippen molar-refractivity contribution in [3.63, 3.8) is 0 Å². The molecule has 3 nitrogen and oxygen atoms in total. The molecule has 3 heterocycles. The van der Waals surface area contributed by atoms with Crippen LogP contribution in [0.1, 0.15) is 63.0 Å². The maximum absolute atomic E-state index is 8.66. The van der Waals surface area contributed by atoms with E-state index in [1.54, 1.807) is 12.3 Å². The third-order valence-electron chi connectivity index (χ3n) is 9.69. The van der Waals surface area contributed by atoms with E-state index in [2.05, 4.69) is 73.2 Å². The molecule has 3 aromatic heterocycles. The summed E-state index contributed by atoms with van der Waals surface area (Å²) in [5.74, 6) is -1.42. The van der Waals surface area contributed by atoms with Crippen LogP contribution in [0.5, 0.6) is 0 Å². The van der Waals surface area contributed by atoms with Gasteiger partial charge in [-0.2, -0.15) is 0 Å². The molecule has 0 saturated heterocycles. The normalized spacial score (nSPS) is 13.4. The van der Waals surface area contributed by atoms with Gasteiger partial charge in [0.05, 0.1) is 13.7 Å². The third-order valence-corrected chi connectivity index (χ3v) is 11.7. The summed E-state index contributed by atoms with van der Waals surface area (Å²) in [6, 6.07) is 45.8. The van der Waals surface area contributed by atoms with Crippen molar-refractivity contribution in [3.8, 4) is 44.8 Å². The number of fused-ring (bicyclic) bond motifs is 3.